The zero-order valence-electron chi connectivity index (χ0n) is 12.6. The molecule has 0 aliphatic carbocycles. The molecule has 0 bridgehead atoms. The molecule has 0 atom stereocenters. The van der Waals surface area contributed by atoms with Gasteiger partial charge in [-0.05, 0) is 37.1 Å². The molecule has 0 saturated heterocycles. The second-order valence-corrected chi connectivity index (χ2v) is 5.11. The minimum atomic E-state index is -0.454. The van der Waals surface area contributed by atoms with Gasteiger partial charge in [0.05, 0.1) is 16.2 Å². The van der Waals surface area contributed by atoms with Crippen LogP contribution in [0.15, 0.2) is 42.5 Å². The molecular weight excluding hydrogens is 280 g/mol. The number of aryl methyl sites for hydroxylation is 1. The third-order valence-corrected chi connectivity index (χ3v) is 3.50. The molecule has 2 rings (SSSR count). The van der Waals surface area contributed by atoms with E-state index in [2.05, 4.69) is 12.2 Å². The van der Waals surface area contributed by atoms with Crippen molar-refractivity contribution in [3.8, 4) is 0 Å². The molecule has 5 heteroatoms. The number of anilines is 1. The Morgan fingerprint density at radius 2 is 1.86 bits per heavy atom. The molecule has 0 aliphatic heterocycles. The Hall–Kier alpha value is -2.69. The Kier molecular flexibility index (Phi) is 4.88. The number of amides is 1. The highest BCUT2D eigenvalue weighted by Gasteiger charge is 2.15. The number of benzene rings is 2. The molecule has 2 aromatic rings. The molecular formula is C17H18N2O3. The summed E-state index contributed by atoms with van der Waals surface area (Å²) in [6, 6.07) is 12.0. The van der Waals surface area contributed by atoms with Crippen LogP contribution in [0.25, 0.3) is 0 Å². The fourth-order valence-electron chi connectivity index (χ4n) is 2.26. The lowest BCUT2D eigenvalue weighted by Crippen LogP contribution is -2.13. The van der Waals surface area contributed by atoms with Crippen molar-refractivity contribution in [2.45, 2.75) is 26.7 Å². The Balaban J connectivity index is 2.18. The first-order valence-corrected chi connectivity index (χ1v) is 7.17. The van der Waals surface area contributed by atoms with E-state index in [1.165, 1.54) is 11.6 Å². The highest BCUT2D eigenvalue weighted by Crippen LogP contribution is 2.25. The van der Waals surface area contributed by atoms with Crippen molar-refractivity contribution in [2.75, 3.05) is 5.32 Å². The Morgan fingerprint density at radius 1 is 1.18 bits per heavy atom. The number of carbonyl (C=O) groups excluding carboxylic acids is 1. The van der Waals surface area contributed by atoms with Crippen LogP contribution in [0.2, 0.25) is 0 Å². The number of nitrogens with one attached hydrogen (secondary N) is 1. The van der Waals surface area contributed by atoms with Crippen LogP contribution in [-0.4, -0.2) is 10.8 Å². The molecule has 1 amide bonds. The van der Waals surface area contributed by atoms with Gasteiger partial charge in [0.25, 0.3) is 11.6 Å². The molecule has 2 aromatic carbocycles. The van der Waals surface area contributed by atoms with Gasteiger partial charge in [0.15, 0.2) is 0 Å². The number of nitro groups is 1. The Morgan fingerprint density at radius 3 is 2.45 bits per heavy atom. The highest BCUT2D eigenvalue weighted by molar-refractivity contribution is 6.04. The molecule has 0 fully saturated rings. The van der Waals surface area contributed by atoms with Crippen LogP contribution in [0.4, 0.5) is 11.4 Å². The predicted molar refractivity (Wildman–Crippen MR) is 86.2 cm³/mol. The maximum absolute atomic E-state index is 12.2. The van der Waals surface area contributed by atoms with Gasteiger partial charge >= 0.3 is 0 Å². The zero-order valence-corrected chi connectivity index (χ0v) is 12.6. The summed E-state index contributed by atoms with van der Waals surface area (Å²) < 4.78 is 0. The smallest absolute Gasteiger partial charge is 0.274 e. The lowest BCUT2D eigenvalue weighted by atomic mass is 10.1. The molecule has 5 nitrogen and oxygen atoms in total. The van der Waals surface area contributed by atoms with Crippen LogP contribution in [0.5, 0.6) is 0 Å². The van der Waals surface area contributed by atoms with Crippen molar-refractivity contribution in [3.63, 3.8) is 0 Å². The topological polar surface area (TPSA) is 72.2 Å². The van der Waals surface area contributed by atoms with E-state index < -0.39 is 4.92 Å². The summed E-state index contributed by atoms with van der Waals surface area (Å²) in [4.78, 5) is 22.7. The number of hydrogen-bond donors (Lipinski definition) is 1. The van der Waals surface area contributed by atoms with Gasteiger partial charge in [-0.25, -0.2) is 0 Å². The van der Waals surface area contributed by atoms with Gasteiger partial charge in [-0.2, -0.15) is 0 Å². The van der Waals surface area contributed by atoms with Crippen molar-refractivity contribution >= 4 is 17.3 Å². The van der Waals surface area contributed by atoms with Gasteiger partial charge in [0.2, 0.25) is 0 Å². The Bertz CT molecular complexity index is 694. The first-order valence-electron chi connectivity index (χ1n) is 7.17. The molecule has 114 valence electrons. The van der Waals surface area contributed by atoms with Crippen LogP contribution in [0.3, 0.4) is 0 Å². The van der Waals surface area contributed by atoms with E-state index in [1.54, 1.807) is 31.2 Å². The summed E-state index contributed by atoms with van der Waals surface area (Å²) >= 11 is 0. The van der Waals surface area contributed by atoms with E-state index in [9.17, 15) is 14.9 Å². The summed E-state index contributed by atoms with van der Waals surface area (Å²) in [7, 11) is 0. The normalized spacial score (nSPS) is 10.3. The van der Waals surface area contributed by atoms with Crippen molar-refractivity contribution in [3.05, 3.63) is 69.3 Å². The van der Waals surface area contributed by atoms with Gasteiger partial charge < -0.3 is 5.32 Å². The maximum Gasteiger partial charge on any atom is 0.274 e. The fourth-order valence-corrected chi connectivity index (χ4v) is 2.26. The standard InChI is InChI=1S/C17H18N2O3/c1-3-5-13-8-10-14(11-9-13)17(20)18-15-6-4-7-16(12(15)2)19(21)22/h4,6-11H,3,5H2,1-2H3,(H,18,20). The van der Waals surface area contributed by atoms with E-state index in [0.717, 1.165) is 12.8 Å². The molecule has 1 N–H and O–H groups in total. The first kappa shape index (κ1) is 15.7. The Labute approximate surface area is 129 Å². The lowest BCUT2D eigenvalue weighted by molar-refractivity contribution is -0.385. The van der Waals surface area contributed by atoms with Crippen molar-refractivity contribution in [1.82, 2.24) is 0 Å². The number of hydrogen-bond acceptors (Lipinski definition) is 3. The number of nitrogens with zero attached hydrogens (tertiary/aromatic N) is 1. The summed E-state index contributed by atoms with van der Waals surface area (Å²) in [5, 5.41) is 13.7. The van der Waals surface area contributed by atoms with Crippen LogP contribution in [0, 0.1) is 17.0 Å². The molecule has 0 saturated carbocycles. The zero-order chi connectivity index (χ0) is 16.1. The molecule has 0 aromatic heterocycles. The second-order valence-electron chi connectivity index (χ2n) is 5.11. The lowest BCUT2D eigenvalue weighted by Gasteiger charge is -2.09. The van der Waals surface area contributed by atoms with E-state index >= 15 is 0 Å². The molecule has 0 unspecified atom stereocenters. The number of carbonyl (C=O) groups is 1. The van der Waals surface area contributed by atoms with E-state index in [-0.39, 0.29) is 11.6 Å². The third kappa shape index (κ3) is 3.49. The molecule has 0 heterocycles. The quantitative estimate of drug-likeness (QED) is 0.667. The average Bonchev–Trinajstić information content (AvgIpc) is 2.50. The summed E-state index contributed by atoms with van der Waals surface area (Å²) in [6.45, 7) is 3.73. The predicted octanol–water partition coefficient (Wildman–Crippen LogP) is 4.11. The summed E-state index contributed by atoms with van der Waals surface area (Å²) in [6.07, 6.45) is 2.03. The van der Waals surface area contributed by atoms with E-state index in [4.69, 9.17) is 0 Å². The van der Waals surface area contributed by atoms with Crippen molar-refractivity contribution in [2.24, 2.45) is 0 Å². The van der Waals surface area contributed by atoms with E-state index in [0.29, 0.717) is 16.8 Å². The minimum Gasteiger partial charge on any atom is -0.321 e. The van der Waals surface area contributed by atoms with Crippen LogP contribution in [0.1, 0.15) is 34.8 Å². The summed E-state index contributed by atoms with van der Waals surface area (Å²) in [5.41, 5.74) is 2.62. The van der Waals surface area contributed by atoms with Crippen molar-refractivity contribution < 1.29 is 9.72 Å². The molecule has 0 radical (unpaired) electrons. The van der Waals surface area contributed by atoms with Gasteiger partial charge in [-0.3, -0.25) is 14.9 Å². The summed E-state index contributed by atoms with van der Waals surface area (Å²) in [5.74, 6) is -0.272. The maximum atomic E-state index is 12.2. The molecule has 0 spiro atoms. The SMILES string of the molecule is CCCc1ccc(C(=O)Nc2cccc([N+](=O)[O-])c2C)cc1. The van der Waals surface area contributed by atoms with Crippen LogP contribution >= 0.6 is 0 Å². The molecule has 0 aliphatic rings. The third-order valence-electron chi connectivity index (χ3n) is 3.50. The van der Waals surface area contributed by atoms with Crippen LogP contribution in [-0.2, 0) is 6.42 Å². The van der Waals surface area contributed by atoms with Gasteiger partial charge in [0.1, 0.15) is 0 Å². The number of nitro benzene ring substituents is 1. The van der Waals surface area contributed by atoms with Gasteiger partial charge in [-0.15, -0.1) is 0 Å². The van der Waals surface area contributed by atoms with Crippen LogP contribution < -0.4 is 5.32 Å². The average molecular weight is 298 g/mol. The second kappa shape index (κ2) is 6.85. The monoisotopic (exact) mass is 298 g/mol. The largest absolute Gasteiger partial charge is 0.321 e. The van der Waals surface area contributed by atoms with E-state index in [1.807, 2.05) is 12.1 Å². The fraction of sp³-hybridized carbons (Fsp3) is 0.235. The number of rotatable bonds is 5. The van der Waals surface area contributed by atoms with Gasteiger partial charge in [0, 0.05) is 11.6 Å². The minimum absolute atomic E-state index is 0.00362. The molecule has 22 heavy (non-hydrogen) atoms. The van der Waals surface area contributed by atoms with Crippen molar-refractivity contribution in [1.29, 1.82) is 0 Å². The van der Waals surface area contributed by atoms with Gasteiger partial charge in [-0.1, -0.05) is 31.5 Å². The highest BCUT2D eigenvalue weighted by atomic mass is 16.6. The first-order chi connectivity index (χ1) is 10.5.